The molecule has 0 fully saturated rings. The van der Waals surface area contributed by atoms with Crippen LogP contribution < -0.4 is 4.90 Å². The largest absolute Gasteiger partial charge is 0.310 e. The first-order valence-corrected chi connectivity index (χ1v) is 44.5. The highest BCUT2D eigenvalue weighted by Gasteiger charge is 2.48. The van der Waals surface area contributed by atoms with E-state index in [4.69, 9.17) is 0 Å². The van der Waals surface area contributed by atoms with Crippen LogP contribution in [-0.2, 0) is 17.3 Å². The Morgan fingerprint density at radius 2 is 0.520 bits per heavy atom. The predicted molar refractivity (Wildman–Crippen MR) is 536 cm³/mol. The van der Waals surface area contributed by atoms with Crippen LogP contribution >= 0.6 is 15.9 Å². The number of para-hydroxylation sites is 4. The molecule has 2 aliphatic rings. The Balaban J connectivity index is 0.000000125. The van der Waals surface area contributed by atoms with Gasteiger partial charge in [-0.2, -0.15) is 0 Å². The Morgan fingerprint density at radius 1 is 0.197 bits per heavy atom. The first kappa shape index (κ1) is 77.3. The average molecular weight is 1690 g/mol. The third kappa shape index (κ3) is 14.0. The Bertz CT molecular complexity index is 7660. The zero-order chi connectivity index (χ0) is 84.6. The molecule has 127 heavy (non-hydrogen) atoms. The van der Waals surface area contributed by atoms with Gasteiger partial charge in [0.15, 0.2) is 0 Å². The molecule has 0 radical (unpaired) electrons. The third-order valence-electron chi connectivity index (χ3n) is 25.9. The molecule has 3 nitrogen and oxygen atoms in total. The van der Waals surface area contributed by atoms with Gasteiger partial charge in [-0.3, -0.25) is 0 Å². The Labute approximate surface area is 750 Å². The van der Waals surface area contributed by atoms with Crippen molar-refractivity contribution in [2.45, 2.75) is 17.3 Å². The molecule has 600 valence electrons. The van der Waals surface area contributed by atoms with Gasteiger partial charge in [0.05, 0.1) is 32.9 Å². The zero-order valence-corrected chi connectivity index (χ0v) is 71.5. The first-order valence-electron chi connectivity index (χ1n) is 43.7. The van der Waals surface area contributed by atoms with Gasteiger partial charge in [-0.05, 0) is 226 Å². The summed E-state index contributed by atoms with van der Waals surface area (Å²) in [5, 5.41) is 5.06. The monoisotopic (exact) mass is 1680 g/mol. The predicted octanol–water partition coefficient (Wildman–Crippen LogP) is 32.5. The molecule has 0 amide bonds. The minimum absolute atomic E-state index is 0.346. The lowest BCUT2D eigenvalue weighted by molar-refractivity contribution is 0.767. The van der Waals surface area contributed by atoms with Gasteiger partial charge < -0.3 is 14.0 Å². The van der Waals surface area contributed by atoms with Gasteiger partial charge in [0.1, 0.15) is 0 Å². The van der Waals surface area contributed by atoms with Gasteiger partial charge in [0.25, 0.3) is 0 Å². The molecule has 0 bridgehead atoms. The van der Waals surface area contributed by atoms with Crippen molar-refractivity contribution in [1.82, 2.24) is 9.13 Å². The van der Waals surface area contributed by atoms with E-state index in [2.05, 4.69) is 540 Å². The minimum Gasteiger partial charge on any atom is -0.310 e. The second kappa shape index (κ2) is 33.5. The molecule has 24 rings (SSSR count). The normalized spacial score (nSPS) is 12.4. The van der Waals surface area contributed by atoms with Crippen LogP contribution in [0, 0.1) is 0 Å². The Morgan fingerprint density at radius 3 is 0.992 bits per heavy atom. The van der Waals surface area contributed by atoms with E-state index in [1.54, 1.807) is 0 Å². The van der Waals surface area contributed by atoms with Crippen LogP contribution in [0.1, 0.15) is 55.6 Å². The second-order valence-corrected chi connectivity index (χ2v) is 34.0. The molecule has 0 spiro atoms. The topological polar surface area (TPSA) is 13.1 Å². The average Bonchev–Trinajstić information content (AvgIpc) is 1.54. The SMILES string of the molecule is Brc1cccc(-c2ccc3c4ccccc4n(-c4ccccc4)c3c2)c1.c1ccc(-c2ccc(Cc3ccc4c(c3)C(c3ccccc3)(c3ccccc3)c3ccccc3-4)cc2)cc1.c1ccc(-c2ccc(N(c3cccc(-c4ccc5c6ccccc6n(-c6ccccc6)c5c4)c3)c3ccc4c(c3)C(c3ccccc3)(c3ccccc3)c3ccccc3-4)cc2)cc1. The molecule has 0 saturated heterocycles. The first-order chi connectivity index (χ1) is 62.9. The van der Waals surface area contributed by atoms with E-state index in [9.17, 15) is 0 Å². The smallest absolute Gasteiger partial charge is 0.0714 e. The molecular weight excluding hydrogens is 1600 g/mol. The molecule has 22 aromatic rings. The van der Waals surface area contributed by atoms with E-state index in [1.807, 2.05) is 0 Å². The van der Waals surface area contributed by atoms with Crippen molar-refractivity contribution >= 4 is 76.6 Å². The maximum absolute atomic E-state index is 3.58. The van der Waals surface area contributed by atoms with Gasteiger partial charge in [0, 0.05) is 54.5 Å². The van der Waals surface area contributed by atoms with Crippen LogP contribution in [0.15, 0.2) is 514 Å². The number of nitrogens with zero attached hydrogens (tertiary/aromatic N) is 3. The number of hydrogen-bond acceptors (Lipinski definition) is 1. The zero-order valence-electron chi connectivity index (χ0n) is 69.9. The summed E-state index contributed by atoms with van der Waals surface area (Å²) >= 11 is 3.58. The van der Waals surface area contributed by atoms with Crippen molar-refractivity contribution < 1.29 is 0 Å². The molecule has 0 aliphatic heterocycles. The van der Waals surface area contributed by atoms with Gasteiger partial charge in [-0.15, -0.1) is 0 Å². The summed E-state index contributed by atoms with van der Waals surface area (Å²) in [6.07, 6.45) is 0.901. The van der Waals surface area contributed by atoms with E-state index in [0.717, 1.165) is 39.2 Å². The number of rotatable bonds is 15. The summed E-state index contributed by atoms with van der Waals surface area (Å²) in [4.78, 5) is 2.43. The van der Waals surface area contributed by atoms with Crippen LogP contribution in [-0.4, -0.2) is 9.13 Å². The molecular formula is C123H86BrN3. The van der Waals surface area contributed by atoms with Crippen molar-refractivity contribution in [3.8, 4) is 78.1 Å². The standard InChI is InChI=1S/C61H42N2.C38H28.C24H16BrN/c1-5-18-43(19-6-1)44-32-35-50(36-33-44)62(51-27-17-20-45(40-51)46-34-38-56-55-29-14-16-31-59(55)63(60(56)41-46)49-25-11-4-12-26-49)52-37-39-54-53-28-13-15-30-57(53)61(58(54)42-52,47-21-7-2-8-22-47)48-23-9-3-10-24-48;1-4-12-30(13-5-1)31-23-20-28(21-24-31)26-29-22-25-35-34-18-10-11-19-36(34)38(37(35)27-29,32-14-6-2-7-15-32)33-16-8-3-9-17-33;25-19-8-6-7-17(15-19)18-13-14-22-21-11-4-5-12-23(21)26(24(22)16-18)20-9-2-1-3-10-20/h1-42H;1-25,27H,26H2;1-16H. The number of halogens is 1. The molecule has 0 atom stereocenters. The van der Waals surface area contributed by atoms with Crippen LogP contribution in [0.25, 0.3) is 122 Å². The molecule has 20 aromatic carbocycles. The van der Waals surface area contributed by atoms with E-state index in [-0.39, 0.29) is 5.41 Å². The third-order valence-corrected chi connectivity index (χ3v) is 26.4. The summed E-state index contributed by atoms with van der Waals surface area (Å²) in [5.74, 6) is 0. The summed E-state index contributed by atoms with van der Waals surface area (Å²) in [7, 11) is 0. The highest BCUT2D eigenvalue weighted by Crippen LogP contribution is 2.59. The molecule has 2 aliphatic carbocycles. The van der Waals surface area contributed by atoms with Gasteiger partial charge in [0.2, 0.25) is 0 Å². The van der Waals surface area contributed by atoms with Crippen molar-refractivity contribution in [3.63, 3.8) is 0 Å². The maximum Gasteiger partial charge on any atom is 0.0714 e. The van der Waals surface area contributed by atoms with Crippen molar-refractivity contribution in [2.75, 3.05) is 4.90 Å². The van der Waals surface area contributed by atoms with Gasteiger partial charge in [-0.25, -0.2) is 0 Å². The molecule has 2 heterocycles. The molecule has 0 N–H and O–H groups in total. The van der Waals surface area contributed by atoms with Gasteiger partial charge in [-0.1, -0.05) is 428 Å². The number of benzene rings is 20. The highest BCUT2D eigenvalue weighted by molar-refractivity contribution is 9.10. The lowest BCUT2D eigenvalue weighted by atomic mass is 9.67. The second-order valence-electron chi connectivity index (χ2n) is 33.1. The molecule has 0 unspecified atom stereocenters. The molecule has 0 saturated carbocycles. The number of aromatic nitrogens is 2. The van der Waals surface area contributed by atoms with Crippen LogP contribution in [0.2, 0.25) is 0 Å². The summed E-state index contributed by atoms with van der Waals surface area (Å²) in [6, 6.07) is 185. The summed E-state index contributed by atoms with van der Waals surface area (Å²) in [6.45, 7) is 0. The quantitative estimate of drug-likeness (QED) is 0.0997. The van der Waals surface area contributed by atoms with E-state index in [1.165, 1.54) is 166 Å². The fourth-order valence-corrected chi connectivity index (χ4v) is 20.6. The van der Waals surface area contributed by atoms with E-state index >= 15 is 0 Å². The Hall–Kier alpha value is -15.7. The number of hydrogen-bond donors (Lipinski definition) is 0. The van der Waals surface area contributed by atoms with Crippen LogP contribution in [0.5, 0.6) is 0 Å². The van der Waals surface area contributed by atoms with E-state index in [0.29, 0.717) is 0 Å². The lowest BCUT2D eigenvalue weighted by Crippen LogP contribution is -2.28. The Kier molecular flexibility index (Phi) is 20.4. The number of anilines is 3. The van der Waals surface area contributed by atoms with Crippen molar-refractivity contribution in [2.24, 2.45) is 0 Å². The number of fused-ring (bicyclic) bond motifs is 12. The van der Waals surface area contributed by atoms with Gasteiger partial charge >= 0.3 is 0 Å². The molecule has 4 heteroatoms. The highest BCUT2D eigenvalue weighted by atomic mass is 79.9. The van der Waals surface area contributed by atoms with Crippen LogP contribution in [0.4, 0.5) is 17.1 Å². The fraction of sp³-hybridized carbons (Fsp3) is 0.0244. The summed E-state index contributed by atoms with van der Waals surface area (Å²) in [5.41, 5.74) is 37.6. The minimum atomic E-state index is -0.512. The fourth-order valence-electron chi connectivity index (χ4n) is 20.2. The molecule has 2 aromatic heterocycles. The summed E-state index contributed by atoms with van der Waals surface area (Å²) < 4.78 is 5.85. The maximum atomic E-state index is 3.58. The van der Waals surface area contributed by atoms with E-state index < -0.39 is 5.41 Å². The van der Waals surface area contributed by atoms with Crippen LogP contribution in [0.3, 0.4) is 0 Å². The van der Waals surface area contributed by atoms with Crippen molar-refractivity contribution in [1.29, 1.82) is 0 Å². The lowest BCUT2D eigenvalue weighted by Gasteiger charge is -2.35. The van der Waals surface area contributed by atoms with Crippen molar-refractivity contribution in [3.05, 3.63) is 570 Å².